The van der Waals surface area contributed by atoms with Crippen LogP contribution >= 0.6 is 0 Å². The topological polar surface area (TPSA) is 96.0 Å². The summed E-state index contributed by atoms with van der Waals surface area (Å²) in [5.41, 5.74) is 6.18. The highest BCUT2D eigenvalue weighted by Crippen LogP contribution is 2.26. The van der Waals surface area contributed by atoms with Gasteiger partial charge in [-0.15, -0.1) is 0 Å². The number of H-pyrrole nitrogens is 3. The summed E-state index contributed by atoms with van der Waals surface area (Å²) in [4.78, 5) is 21.3. The van der Waals surface area contributed by atoms with Gasteiger partial charge in [0.25, 0.3) is 0 Å². The van der Waals surface area contributed by atoms with Gasteiger partial charge in [0.1, 0.15) is 0 Å². The van der Waals surface area contributed by atoms with Crippen LogP contribution in [0.5, 0.6) is 0 Å². The summed E-state index contributed by atoms with van der Waals surface area (Å²) >= 11 is 0. The highest BCUT2D eigenvalue weighted by atomic mass is 16.5. The standard InChI is InChI=1S/C19H21N7O/c1-11-12(2)22-15-4-3-13(9-14(11)15)23-19-24-17-16(20-10-21-17)18(25-19)26-5-7-27-8-6-26/h3-4,9-10,22H,5-8H2,1-2H3,(H2,20,21,23,24,25)/p+1. The number of aromatic amines is 3. The molecule has 1 aromatic carbocycles. The number of hydrogen-bond donors (Lipinski definition) is 3. The zero-order valence-corrected chi connectivity index (χ0v) is 15.4. The van der Waals surface area contributed by atoms with E-state index in [4.69, 9.17) is 4.74 Å². The fourth-order valence-corrected chi connectivity index (χ4v) is 3.61. The van der Waals surface area contributed by atoms with Crippen molar-refractivity contribution in [3.8, 4) is 0 Å². The minimum absolute atomic E-state index is 0.667. The lowest BCUT2D eigenvalue weighted by molar-refractivity contribution is -0.349. The van der Waals surface area contributed by atoms with E-state index in [0.29, 0.717) is 11.6 Å². The second-order valence-electron chi connectivity index (χ2n) is 6.89. The van der Waals surface area contributed by atoms with Gasteiger partial charge in [-0.3, -0.25) is 5.32 Å². The van der Waals surface area contributed by atoms with Gasteiger partial charge in [-0.2, -0.15) is 0 Å². The molecule has 4 heterocycles. The molecule has 3 aromatic heterocycles. The lowest BCUT2D eigenvalue weighted by atomic mass is 10.1. The van der Waals surface area contributed by atoms with E-state index in [0.717, 1.165) is 48.8 Å². The molecule has 4 N–H and O–H groups in total. The number of fused-ring (bicyclic) bond motifs is 2. The molecule has 0 amide bonds. The predicted molar refractivity (Wildman–Crippen MR) is 105 cm³/mol. The van der Waals surface area contributed by atoms with Crippen molar-refractivity contribution in [1.82, 2.24) is 19.9 Å². The first kappa shape index (κ1) is 16.1. The lowest BCUT2D eigenvalue weighted by Crippen LogP contribution is -2.40. The van der Waals surface area contributed by atoms with E-state index < -0.39 is 0 Å². The summed E-state index contributed by atoms with van der Waals surface area (Å²) in [6, 6.07) is 6.29. The van der Waals surface area contributed by atoms with Crippen LogP contribution < -0.4 is 15.2 Å². The smallest absolute Gasteiger partial charge is 0.351 e. The third-order valence-electron chi connectivity index (χ3n) is 5.21. The summed E-state index contributed by atoms with van der Waals surface area (Å²) in [5.74, 6) is 1.65. The Morgan fingerprint density at radius 3 is 2.93 bits per heavy atom. The second kappa shape index (κ2) is 6.24. The van der Waals surface area contributed by atoms with E-state index in [1.807, 2.05) is 0 Å². The number of aryl methyl sites for hydroxylation is 2. The van der Waals surface area contributed by atoms with Crippen LogP contribution in [0.3, 0.4) is 0 Å². The van der Waals surface area contributed by atoms with Crippen molar-refractivity contribution in [3.63, 3.8) is 0 Å². The average Bonchev–Trinajstić information content (AvgIpc) is 3.27. The third-order valence-corrected chi connectivity index (χ3v) is 5.21. The molecule has 1 fully saturated rings. The van der Waals surface area contributed by atoms with Crippen LogP contribution in [0, 0.1) is 13.8 Å². The number of nitrogens with zero attached hydrogens (tertiary/aromatic N) is 3. The fraction of sp³-hybridized carbons (Fsp3) is 0.316. The van der Waals surface area contributed by atoms with Crippen molar-refractivity contribution >= 4 is 39.5 Å². The van der Waals surface area contributed by atoms with Crippen molar-refractivity contribution in [2.75, 3.05) is 36.5 Å². The van der Waals surface area contributed by atoms with Gasteiger partial charge in [0.2, 0.25) is 11.5 Å². The summed E-state index contributed by atoms with van der Waals surface area (Å²) < 4.78 is 5.48. The third kappa shape index (κ3) is 2.78. The second-order valence-corrected chi connectivity index (χ2v) is 6.89. The monoisotopic (exact) mass is 364 g/mol. The maximum absolute atomic E-state index is 5.48. The van der Waals surface area contributed by atoms with E-state index in [9.17, 15) is 0 Å². The Labute approximate surface area is 156 Å². The number of imidazole rings is 1. The highest BCUT2D eigenvalue weighted by Gasteiger charge is 2.23. The molecule has 0 aliphatic carbocycles. The molecule has 0 unspecified atom stereocenters. The van der Waals surface area contributed by atoms with E-state index in [1.54, 1.807) is 6.33 Å². The largest absolute Gasteiger partial charge is 0.376 e. The van der Waals surface area contributed by atoms with Crippen LogP contribution in [0.4, 0.5) is 17.5 Å². The normalized spacial score (nSPS) is 15.0. The lowest BCUT2D eigenvalue weighted by Gasteiger charge is -2.24. The maximum atomic E-state index is 5.48. The van der Waals surface area contributed by atoms with E-state index in [2.05, 4.69) is 67.2 Å². The number of nitrogens with one attached hydrogen (secondary N) is 4. The summed E-state index contributed by atoms with van der Waals surface area (Å²) in [6.07, 6.45) is 1.68. The Morgan fingerprint density at radius 2 is 2.07 bits per heavy atom. The highest BCUT2D eigenvalue weighted by molar-refractivity contribution is 5.88. The Hall–Kier alpha value is -3.13. The van der Waals surface area contributed by atoms with Gasteiger partial charge < -0.3 is 19.6 Å². The Balaban J connectivity index is 1.54. The van der Waals surface area contributed by atoms with Crippen molar-refractivity contribution in [1.29, 1.82) is 0 Å². The SMILES string of the molecule is Cc1[nH]c2ccc(Nc3nc4nc[nH]c4c(N4CCOCC4)[nH+]3)cc2c1C. The van der Waals surface area contributed by atoms with Crippen LogP contribution in [0.1, 0.15) is 11.3 Å². The average molecular weight is 364 g/mol. The van der Waals surface area contributed by atoms with Gasteiger partial charge in [-0.05, 0) is 37.6 Å². The van der Waals surface area contributed by atoms with Gasteiger partial charge in [0, 0.05) is 16.6 Å². The number of anilines is 3. The first-order valence-electron chi connectivity index (χ1n) is 9.14. The minimum atomic E-state index is 0.667. The van der Waals surface area contributed by atoms with Crippen LogP contribution in [-0.2, 0) is 4.74 Å². The first-order chi connectivity index (χ1) is 13.2. The van der Waals surface area contributed by atoms with Gasteiger partial charge in [0.05, 0.1) is 38.3 Å². The molecule has 1 aliphatic rings. The van der Waals surface area contributed by atoms with Crippen LogP contribution in [0.2, 0.25) is 0 Å². The van der Waals surface area contributed by atoms with Gasteiger partial charge in [-0.25, -0.2) is 9.97 Å². The molecule has 4 aromatic rings. The molecule has 1 saturated heterocycles. The van der Waals surface area contributed by atoms with Gasteiger partial charge in [-0.1, -0.05) is 4.98 Å². The molecule has 0 bridgehead atoms. The Bertz CT molecular complexity index is 1120. The van der Waals surface area contributed by atoms with Crippen LogP contribution in [-0.4, -0.2) is 46.2 Å². The Kier molecular flexibility index (Phi) is 3.71. The van der Waals surface area contributed by atoms with Crippen molar-refractivity contribution in [2.24, 2.45) is 0 Å². The molecule has 5 rings (SSSR count). The molecule has 1 aliphatic heterocycles. The quantitative estimate of drug-likeness (QED) is 0.519. The molecule has 0 atom stereocenters. The van der Waals surface area contributed by atoms with Crippen LogP contribution in [0.25, 0.3) is 22.1 Å². The molecular formula is C19H22N7O+. The Morgan fingerprint density at radius 1 is 1.22 bits per heavy atom. The molecule has 27 heavy (non-hydrogen) atoms. The zero-order chi connectivity index (χ0) is 18.4. The molecule has 8 heteroatoms. The minimum Gasteiger partial charge on any atom is -0.376 e. The maximum Gasteiger partial charge on any atom is 0.351 e. The first-order valence-corrected chi connectivity index (χ1v) is 9.14. The summed E-state index contributed by atoms with van der Waals surface area (Å²) in [7, 11) is 0. The van der Waals surface area contributed by atoms with E-state index in [1.165, 1.54) is 16.6 Å². The molecular weight excluding hydrogens is 342 g/mol. The predicted octanol–water partition coefficient (Wildman–Crippen LogP) is 2.45. The number of hydrogen-bond acceptors (Lipinski definition) is 5. The number of aromatic nitrogens is 5. The number of morpholine rings is 1. The molecule has 0 saturated carbocycles. The summed E-state index contributed by atoms with van der Waals surface area (Å²) in [5, 5.41) is 4.62. The van der Waals surface area contributed by atoms with Crippen molar-refractivity contribution < 1.29 is 9.72 Å². The summed E-state index contributed by atoms with van der Waals surface area (Å²) in [6.45, 7) is 7.34. The molecule has 0 spiro atoms. The van der Waals surface area contributed by atoms with E-state index >= 15 is 0 Å². The molecule has 0 radical (unpaired) electrons. The number of ether oxygens (including phenoxy) is 1. The van der Waals surface area contributed by atoms with E-state index in [-0.39, 0.29) is 0 Å². The fourth-order valence-electron chi connectivity index (χ4n) is 3.61. The van der Waals surface area contributed by atoms with Gasteiger partial charge in [0.15, 0.2) is 5.52 Å². The molecule has 138 valence electrons. The number of rotatable bonds is 3. The van der Waals surface area contributed by atoms with Crippen molar-refractivity contribution in [2.45, 2.75) is 13.8 Å². The zero-order valence-electron chi connectivity index (χ0n) is 15.4. The van der Waals surface area contributed by atoms with Crippen LogP contribution in [0.15, 0.2) is 24.5 Å². The number of benzene rings is 1. The molecule has 8 nitrogen and oxygen atoms in total. The van der Waals surface area contributed by atoms with Gasteiger partial charge >= 0.3 is 5.95 Å². The van der Waals surface area contributed by atoms with Crippen molar-refractivity contribution in [3.05, 3.63) is 35.8 Å².